The quantitative estimate of drug-likeness (QED) is 0.771. The Hall–Kier alpha value is -2.08. The Morgan fingerprint density at radius 1 is 1.15 bits per heavy atom. The first-order valence-electron chi connectivity index (χ1n) is 6.47. The first kappa shape index (κ1) is 16.0. The molecule has 0 aliphatic carbocycles. The van der Waals surface area contributed by atoms with Crippen molar-refractivity contribution in [2.24, 2.45) is 0 Å². The van der Waals surface area contributed by atoms with Gasteiger partial charge in [0.15, 0.2) is 0 Å². The molecule has 0 bridgehead atoms. The second-order valence-corrected chi connectivity index (χ2v) is 4.35. The zero-order chi connectivity index (χ0) is 15.0. The molecule has 1 rings (SSSR count). The predicted octanol–water partition coefficient (Wildman–Crippen LogP) is 0.702. The van der Waals surface area contributed by atoms with E-state index in [0.717, 1.165) is 5.75 Å². The second-order valence-electron chi connectivity index (χ2n) is 4.35. The van der Waals surface area contributed by atoms with Crippen LogP contribution in [0.25, 0.3) is 0 Å². The molecule has 0 aliphatic heterocycles. The van der Waals surface area contributed by atoms with Crippen LogP contribution in [0.5, 0.6) is 5.75 Å². The molecule has 20 heavy (non-hydrogen) atoms. The molecular weight excluding hydrogens is 258 g/mol. The molecule has 0 saturated heterocycles. The third-order valence-corrected chi connectivity index (χ3v) is 2.55. The third-order valence-electron chi connectivity index (χ3n) is 2.55. The van der Waals surface area contributed by atoms with Gasteiger partial charge in [-0.05, 0) is 38.2 Å². The Morgan fingerprint density at radius 2 is 1.75 bits per heavy atom. The largest absolute Gasteiger partial charge is 0.494 e. The topological polar surface area (TPSA) is 70.7 Å². The fraction of sp³-hybridized carbons (Fsp3) is 0.429. The maximum Gasteiger partial charge on any atom is 0.238 e. The number of likely N-dealkylation sites (N-methyl/N-ethyl adjacent to an activating group) is 2. The summed E-state index contributed by atoms with van der Waals surface area (Å²) < 4.78 is 5.32. The van der Waals surface area contributed by atoms with Crippen LogP contribution < -0.4 is 15.4 Å². The summed E-state index contributed by atoms with van der Waals surface area (Å²) in [6.07, 6.45) is 0. The van der Waals surface area contributed by atoms with Crippen LogP contribution in [-0.2, 0) is 9.59 Å². The van der Waals surface area contributed by atoms with Crippen LogP contribution in [0.1, 0.15) is 6.92 Å². The minimum Gasteiger partial charge on any atom is -0.494 e. The van der Waals surface area contributed by atoms with E-state index in [4.69, 9.17) is 4.74 Å². The zero-order valence-corrected chi connectivity index (χ0v) is 12.1. The average Bonchev–Trinajstić information content (AvgIpc) is 2.40. The van der Waals surface area contributed by atoms with E-state index in [1.807, 2.05) is 6.92 Å². The zero-order valence-electron chi connectivity index (χ0n) is 12.1. The lowest BCUT2D eigenvalue weighted by Crippen LogP contribution is -2.37. The molecule has 0 heterocycles. The van der Waals surface area contributed by atoms with Crippen LogP contribution in [0.4, 0.5) is 5.69 Å². The van der Waals surface area contributed by atoms with Crippen molar-refractivity contribution in [3.63, 3.8) is 0 Å². The fourth-order valence-corrected chi connectivity index (χ4v) is 1.63. The molecule has 0 saturated carbocycles. The highest BCUT2D eigenvalue weighted by atomic mass is 16.5. The fourth-order valence-electron chi connectivity index (χ4n) is 1.63. The Morgan fingerprint density at radius 3 is 2.30 bits per heavy atom. The second kappa shape index (κ2) is 8.16. The summed E-state index contributed by atoms with van der Waals surface area (Å²) in [4.78, 5) is 24.6. The van der Waals surface area contributed by atoms with E-state index in [9.17, 15) is 9.59 Å². The van der Waals surface area contributed by atoms with E-state index in [2.05, 4.69) is 10.6 Å². The minimum absolute atomic E-state index is 0.124. The lowest BCUT2D eigenvalue weighted by atomic mass is 10.3. The van der Waals surface area contributed by atoms with Gasteiger partial charge in [0.25, 0.3) is 0 Å². The van der Waals surface area contributed by atoms with Gasteiger partial charge in [-0.3, -0.25) is 14.5 Å². The van der Waals surface area contributed by atoms with Crippen LogP contribution in [0, 0.1) is 0 Å². The van der Waals surface area contributed by atoms with Crippen molar-refractivity contribution in [1.29, 1.82) is 0 Å². The Balaban J connectivity index is 2.43. The summed E-state index contributed by atoms with van der Waals surface area (Å²) in [6.45, 7) is 2.86. The van der Waals surface area contributed by atoms with Gasteiger partial charge in [0.1, 0.15) is 5.75 Å². The number of carbonyl (C=O) groups is 2. The number of anilines is 1. The maximum absolute atomic E-state index is 11.8. The lowest BCUT2D eigenvalue weighted by molar-refractivity contribution is -0.122. The molecule has 6 heteroatoms. The summed E-state index contributed by atoms with van der Waals surface area (Å²) in [7, 11) is 3.28. The summed E-state index contributed by atoms with van der Waals surface area (Å²) in [5.41, 5.74) is 0.701. The number of ether oxygens (including phenoxy) is 1. The highest BCUT2D eigenvalue weighted by Gasteiger charge is 2.09. The van der Waals surface area contributed by atoms with Crippen LogP contribution in [0.15, 0.2) is 24.3 Å². The summed E-state index contributed by atoms with van der Waals surface area (Å²) >= 11 is 0. The smallest absolute Gasteiger partial charge is 0.238 e. The molecule has 0 aromatic heterocycles. The van der Waals surface area contributed by atoms with E-state index >= 15 is 0 Å². The van der Waals surface area contributed by atoms with Crippen molar-refractivity contribution in [3.05, 3.63) is 24.3 Å². The molecule has 1 aromatic rings. The number of rotatable bonds is 7. The van der Waals surface area contributed by atoms with E-state index in [0.29, 0.717) is 12.3 Å². The van der Waals surface area contributed by atoms with Gasteiger partial charge in [-0.15, -0.1) is 0 Å². The molecule has 0 unspecified atom stereocenters. The highest BCUT2D eigenvalue weighted by Crippen LogP contribution is 2.15. The van der Waals surface area contributed by atoms with Crippen LogP contribution in [0.3, 0.4) is 0 Å². The van der Waals surface area contributed by atoms with Gasteiger partial charge in [0.05, 0.1) is 19.7 Å². The molecule has 0 aliphatic rings. The molecule has 1 aromatic carbocycles. The number of hydrogen-bond acceptors (Lipinski definition) is 4. The summed E-state index contributed by atoms with van der Waals surface area (Å²) in [5.74, 6) is 0.476. The van der Waals surface area contributed by atoms with Crippen molar-refractivity contribution >= 4 is 17.5 Å². The van der Waals surface area contributed by atoms with Gasteiger partial charge in [0, 0.05) is 12.7 Å². The van der Waals surface area contributed by atoms with Gasteiger partial charge in [-0.1, -0.05) is 0 Å². The van der Waals surface area contributed by atoms with Crippen LogP contribution in [0.2, 0.25) is 0 Å². The average molecular weight is 279 g/mol. The monoisotopic (exact) mass is 279 g/mol. The SMILES string of the molecule is CCOc1ccc(NC(=O)CN(C)CC(=O)NC)cc1. The molecule has 6 nitrogen and oxygen atoms in total. The van der Waals surface area contributed by atoms with Gasteiger partial charge < -0.3 is 15.4 Å². The number of nitrogens with zero attached hydrogens (tertiary/aromatic N) is 1. The summed E-state index contributed by atoms with van der Waals surface area (Å²) in [6, 6.07) is 7.16. The molecule has 0 spiro atoms. The van der Waals surface area contributed by atoms with Crippen LogP contribution >= 0.6 is 0 Å². The normalized spacial score (nSPS) is 10.2. The summed E-state index contributed by atoms with van der Waals surface area (Å²) in [5, 5.41) is 5.28. The van der Waals surface area contributed by atoms with E-state index in [1.165, 1.54) is 0 Å². The van der Waals surface area contributed by atoms with E-state index in [1.54, 1.807) is 43.3 Å². The van der Waals surface area contributed by atoms with E-state index < -0.39 is 0 Å². The van der Waals surface area contributed by atoms with Crippen molar-refractivity contribution in [2.45, 2.75) is 6.92 Å². The number of benzene rings is 1. The first-order chi connectivity index (χ1) is 9.55. The van der Waals surface area contributed by atoms with E-state index in [-0.39, 0.29) is 24.9 Å². The molecule has 0 atom stereocenters. The molecule has 110 valence electrons. The van der Waals surface area contributed by atoms with Crippen molar-refractivity contribution < 1.29 is 14.3 Å². The molecule has 0 radical (unpaired) electrons. The number of carbonyl (C=O) groups excluding carboxylic acids is 2. The minimum atomic E-state index is -0.166. The Kier molecular flexibility index (Phi) is 6.52. The standard InChI is InChI=1S/C14H21N3O3/c1-4-20-12-7-5-11(6-8-12)16-14(19)10-17(3)9-13(18)15-2/h5-8H,4,9-10H2,1-3H3,(H,15,18)(H,16,19). The van der Waals surface area contributed by atoms with Gasteiger partial charge >= 0.3 is 0 Å². The first-order valence-corrected chi connectivity index (χ1v) is 6.47. The molecular formula is C14H21N3O3. The Labute approximate surface area is 119 Å². The molecule has 2 amide bonds. The number of nitrogens with one attached hydrogen (secondary N) is 2. The van der Waals surface area contributed by atoms with Crippen LogP contribution in [-0.4, -0.2) is 50.5 Å². The maximum atomic E-state index is 11.8. The van der Waals surface area contributed by atoms with Gasteiger partial charge in [-0.2, -0.15) is 0 Å². The highest BCUT2D eigenvalue weighted by molar-refractivity contribution is 5.92. The van der Waals surface area contributed by atoms with Crippen molar-refractivity contribution in [3.8, 4) is 5.75 Å². The number of hydrogen-bond donors (Lipinski definition) is 2. The lowest BCUT2D eigenvalue weighted by Gasteiger charge is -2.15. The molecule has 0 fully saturated rings. The Bertz CT molecular complexity index is 445. The molecule has 2 N–H and O–H groups in total. The predicted molar refractivity (Wildman–Crippen MR) is 77.8 cm³/mol. The van der Waals surface area contributed by atoms with Gasteiger partial charge in [-0.25, -0.2) is 0 Å². The van der Waals surface area contributed by atoms with Crippen molar-refractivity contribution in [1.82, 2.24) is 10.2 Å². The third kappa shape index (κ3) is 5.71. The van der Waals surface area contributed by atoms with Crippen molar-refractivity contribution in [2.75, 3.05) is 39.1 Å². The van der Waals surface area contributed by atoms with Gasteiger partial charge in [0.2, 0.25) is 11.8 Å². The number of amides is 2.